The summed E-state index contributed by atoms with van der Waals surface area (Å²) in [5, 5.41) is 4.79. The highest BCUT2D eigenvalue weighted by atomic mass is 35.5. The van der Waals surface area contributed by atoms with Gasteiger partial charge in [-0.1, -0.05) is 29.8 Å². The second-order valence-corrected chi connectivity index (χ2v) is 3.42. The van der Waals surface area contributed by atoms with Gasteiger partial charge in [0.25, 0.3) is 5.56 Å². The number of hydrogen-bond donors (Lipinski definition) is 2. The normalized spacial score (nSPS) is 12.2. The molecule has 0 fully saturated rings. The van der Waals surface area contributed by atoms with Gasteiger partial charge in [-0.15, -0.1) is 0 Å². The summed E-state index contributed by atoms with van der Waals surface area (Å²) in [6, 6.07) is 0. The van der Waals surface area contributed by atoms with E-state index in [9.17, 15) is 9.18 Å². The quantitative estimate of drug-likeness (QED) is 0.785. The van der Waals surface area contributed by atoms with E-state index in [-0.39, 0.29) is 16.2 Å². The van der Waals surface area contributed by atoms with Crippen LogP contribution in [0.1, 0.15) is 11.1 Å². The Hall–Kier alpha value is -1.33. The van der Waals surface area contributed by atoms with Gasteiger partial charge in [-0.2, -0.15) is 5.10 Å². The first kappa shape index (κ1) is 11.7. The minimum Gasteiger partial charge on any atom is -0.387 e. The zero-order valence-electron chi connectivity index (χ0n) is 7.35. The van der Waals surface area contributed by atoms with E-state index in [1.807, 2.05) is 0 Å². The molecule has 15 heavy (non-hydrogen) atoms. The molecule has 0 unspecified atom stereocenters. The van der Waals surface area contributed by atoms with Gasteiger partial charge in [-0.3, -0.25) is 4.79 Å². The summed E-state index contributed by atoms with van der Waals surface area (Å²) in [5.74, 6) is -0.966. The molecule has 3 N–H and O–H groups in total. The largest absolute Gasteiger partial charge is 0.387 e. The molecule has 0 amide bonds. The first-order valence-corrected chi connectivity index (χ1v) is 4.44. The van der Waals surface area contributed by atoms with Gasteiger partial charge < -0.3 is 5.73 Å². The van der Waals surface area contributed by atoms with Crippen molar-refractivity contribution in [3.63, 3.8) is 0 Å². The van der Waals surface area contributed by atoms with Crippen LogP contribution < -0.4 is 11.3 Å². The number of rotatable bonds is 2. The van der Waals surface area contributed by atoms with Crippen LogP contribution in [-0.4, -0.2) is 10.2 Å². The summed E-state index contributed by atoms with van der Waals surface area (Å²) in [6.45, 7) is 3.33. The van der Waals surface area contributed by atoms with Gasteiger partial charge in [0.15, 0.2) is 5.83 Å². The maximum absolute atomic E-state index is 13.4. The van der Waals surface area contributed by atoms with Gasteiger partial charge in [-0.05, 0) is 0 Å². The number of aromatic amines is 1. The third-order valence-corrected chi connectivity index (χ3v) is 1.93. The number of halogens is 3. The van der Waals surface area contributed by atoms with Crippen LogP contribution in [0.4, 0.5) is 4.39 Å². The molecule has 0 aliphatic heterocycles. The molecule has 0 radical (unpaired) electrons. The van der Waals surface area contributed by atoms with Crippen molar-refractivity contribution >= 4 is 34.1 Å². The van der Waals surface area contributed by atoms with Crippen molar-refractivity contribution in [1.82, 2.24) is 10.2 Å². The SMILES string of the molecule is C=C(Cl)c1c(/C(F)=C(\N)Cl)cn[nH]c1=O. The second-order valence-electron chi connectivity index (χ2n) is 2.55. The standard InChI is InChI=1S/C8H6Cl2FN3O/c1-3(9)5-4(6(11)7(10)12)2-13-14-8(5)15/h2H,1,12H2,(H,14,15)/b7-6+. The van der Waals surface area contributed by atoms with Crippen LogP contribution in [0.2, 0.25) is 0 Å². The molecule has 0 saturated carbocycles. The lowest BCUT2D eigenvalue weighted by Crippen LogP contribution is -2.15. The minimum atomic E-state index is -0.966. The fourth-order valence-corrected chi connectivity index (χ4v) is 1.25. The molecule has 0 bridgehead atoms. The summed E-state index contributed by atoms with van der Waals surface area (Å²) >= 11 is 10.8. The Bertz CT molecular complexity index is 491. The van der Waals surface area contributed by atoms with Crippen molar-refractivity contribution in [2.45, 2.75) is 0 Å². The van der Waals surface area contributed by atoms with Crippen molar-refractivity contribution in [1.29, 1.82) is 0 Å². The lowest BCUT2D eigenvalue weighted by atomic mass is 10.1. The van der Waals surface area contributed by atoms with Gasteiger partial charge in [0.1, 0.15) is 5.16 Å². The van der Waals surface area contributed by atoms with Crippen LogP contribution in [-0.2, 0) is 0 Å². The van der Waals surface area contributed by atoms with Gasteiger partial charge in [-0.25, -0.2) is 9.49 Å². The molecule has 1 aromatic heterocycles. The number of nitrogens with two attached hydrogens (primary N) is 1. The number of nitrogens with zero attached hydrogens (tertiary/aromatic N) is 1. The molecular weight excluding hydrogens is 244 g/mol. The van der Waals surface area contributed by atoms with Crippen molar-refractivity contribution < 1.29 is 4.39 Å². The number of nitrogens with one attached hydrogen (secondary N) is 1. The summed E-state index contributed by atoms with van der Waals surface area (Å²) in [4.78, 5) is 11.3. The average Bonchev–Trinajstić information content (AvgIpc) is 2.15. The third kappa shape index (κ3) is 2.37. The first-order chi connectivity index (χ1) is 6.95. The molecule has 0 saturated heterocycles. The number of H-pyrrole nitrogens is 1. The highest BCUT2D eigenvalue weighted by Gasteiger charge is 2.15. The van der Waals surface area contributed by atoms with Gasteiger partial charge in [0, 0.05) is 10.6 Å². The summed E-state index contributed by atoms with van der Waals surface area (Å²) in [6.07, 6.45) is 1.05. The second kappa shape index (κ2) is 4.46. The van der Waals surface area contributed by atoms with Crippen LogP contribution in [0.3, 0.4) is 0 Å². The van der Waals surface area contributed by atoms with Crippen LogP contribution in [0.5, 0.6) is 0 Å². The number of aromatic nitrogens is 2. The van der Waals surface area contributed by atoms with E-state index in [2.05, 4.69) is 16.8 Å². The number of hydrogen-bond acceptors (Lipinski definition) is 3. The van der Waals surface area contributed by atoms with E-state index in [0.717, 1.165) is 6.20 Å². The Labute approximate surface area is 94.2 Å². The smallest absolute Gasteiger partial charge is 0.273 e. The van der Waals surface area contributed by atoms with Crippen LogP contribution in [0.25, 0.3) is 10.9 Å². The Kier molecular flexibility index (Phi) is 3.49. The van der Waals surface area contributed by atoms with E-state index < -0.39 is 16.5 Å². The molecule has 7 heteroatoms. The van der Waals surface area contributed by atoms with Crippen molar-refractivity contribution in [2.24, 2.45) is 5.73 Å². The first-order valence-electron chi connectivity index (χ1n) is 3.68. The summed E-state index contributed by atoms with van der Waals surface area (Å²) < 4.78 is 13.4. The van der Waals surface area contributed by atoms with Crippen LogP contribution in [0, 0.1) is 0 Å². The van der Waals surface area contributed by atoms with E-state index in [1.54, 1.807) is 0 Å². The topological polar surface area (TPSA) is 71.8 Å². The predicted octanol–water partition coefficient (Wildman–Crippen LogP) is 1.77. The molecule has 0 aromatic carbocycles. The Morgan fingerprint density at radius 3 is 2.67 bits per heavy atom. The highest BCUT2D eigenvalue weighted by molar-refractivity contribution is 6.48. The molecule has 1 rings (SSSR count). The maximum Gasteiger partial charge on any atom is 0.273 e. The van der Waals surface area contributed by atoms with E-state index in [4.69, 9.17) is 28.9 Å². The average molecular weight is 250 g/mol. The predicted molar refractivity (Wildman–Crippen MR) is 57.8 cm³/mol. The molecule has 1 heterocycles. The summed E-state index contributed by atoms with van der Waals surface area (Å²) in [7, 11) is 0. The summed E-state index contributed by atoms with van der Waals surface area (Å²) in [5.41, 5.74) is 4.04. The molecule has 80 valence electrons. The van der Waals surface area contributed by atoms with E-state index >= 15 is 0 Å². The molecule has 1 aromatic rings. The third-order valence-electron chi connectivity index (χ3n) is 1.57. The fraction of sp³-hybridized carbons (Fsp3) is 0. The van der Waals surface area contributed by atoms with Gasteiger partial charge in [0.2, 0.25) is 0 Å². The molecular formula is C8H6Cl2FN3O. The van der Waals surface area contributed by atoms with Crippen LogP contribution in [0.15, 0.2) is 22.7 Å². The lowest BCUT2D eigenvalue weighted by Gasteiger charge is -2.03. The molecule has 0 atom stereocenters. The van der Waals surface area contributed by atoms with E-state index in [0.29, 0.717) is 0 Å². The Morgan fingerprint density at radius 2 is 2.20 bits per heavy atom. The van der Waals surface area contributed by atoms with Crippen molar-refractivity contribution in [3.05, 3.63) is 39.4 Å². The van der Waals surface area contributed by atoms with E-state index in [1.165, 1.54) is 0 Å². The lowest BCUT2D eigenvalue weighted by molar-refractivity contribution is 0.750. The zero-order valence-corrected chi connectivity index (χ0v) is 8.86. The van der Waals surface area contributed by atoms with Crippen molar-refractivity contribution in [3.8, 4) is 0 Å². The van der Waals surface area contributed by atoms with Gasteiger partial charge in [0.05, 0.1) is 11.8 Å². The minimum absolute atomic E-state index is 0.123. The Balaban J connectivity index is 3.57. The fourth-order valence-electron chi connectivity index (χ4n) is 0.963. The monoisotopic (exact) mass is 249 g/mol. The highest BCUT2D eigenvalue weighted by Crippen LogP contribution is 2.25. The van der Waals surface area contributed by atoms with Crippen molar-refractivity contribution in [2.75, 3.05) is 0 Å². The molecule has 0 aliphatic rings. The molecule has 0 spiro atoms. The Morgan fingerprint density at radius 1 is 1.60 bits per heavy atom. The molecule has 4 nitrogen and oxygen atoms in total. The molecule has 0 aliphatic carbocycles. The maximum atomic E-state index is 13.4. The van der Waals surface area contributed by atoms with Gasteiger partial charge >= 0.3 is 0 Å². The van der Waals surface area contributed by atoms with Crippen LogP contribution >= 0.6 is 23.2 Å². The zero-order chi connectivity index (χ0) is 11.6.